The molecule has 0 saturated heterocycles. The maximum atomic E-state index is 12.5. The molecule has 0 fully saturated rings. The first-order valence-corrected chi connectivity index (χ1v) is 11.7. The lowest BCUT2D eigenvalue weighted by molar-refractivity contribution is 0.151. The molecule has 0 aliphatic carbocycles. The topological polar surface area (TPSA) is 128 Å². The van der Waals surface area contributed by atoms with E-state index in [1.165, 1.54) is 23.0 Å². The number of hydrogen-bond acceptors (Lipinski definition) is 9. The van der Waals surface area contributed by atoms with Crippen molar-refractivity contribution in [1.82, 2.24) is 29.0 Å². The average molecular weight is 527 g/mol. The highest BCUT2D eigenvalue weighted by Crippen LogP contribution is 2.35. The van der Waals surface area contributed by atoms with Gasteiger partial charge in [-0.05, 0) is 38.7 Å². The zero-order chi connectivity index (χ0) is 26.7. The van der Waals surface area contributed by atoms with E-state index in [1.807, 2.05) is 25.9 Å². The number of nitrogens with zero attached hydrogens (tertiary/aromatic N) is 6. The summed E-state index contributed by atoms with van der Waals surface area (Å²) in [6.07, 6.45) is 4.07. The van der Waals surface area contributed by atoms with Gasteiger partial charge < -0.3 is 28.8 Å². The number of carbonyl (C=O) groups excluding carboxylic acids is 1. The molecular weight excluding hydrogens is 500 g/mol. The molecule has 194 valence electrons. The van der Waals surface area contributed by atoms with Crippen molar-refractivity contribution >= 4 is 46.3 Å². The fourth-order valence-electron chi connectivity index (χ4n) is 3.52. The molecule has 0 saturated carbocycles. The molecule has 0 bridgehead atoms. The number of hydrogen-bond donors (Lipinski definition) is 2. The lowest BCUT2D eigenvalue weighted by Crippen LogP contribution is -2.22. The van der Waals surface area contributed by atoms with Crippen LogP contribution in [0.2, 0.25) is 5.02 Å². The van der Waals surface area contributed by atoms with Crippen LogP contribution in [-0.4, -0.2) is 62.3 Å². The van der Waals surface area contributed by atoms with Crippen LogP contribution in [0.3, 0.4) is 0 Å². The molecule has 0 aromatic carbocycles. The molecule has 0 unspecified atom stereocenters. The van der Waals surface area contributed by atoms with E-state index in [9.17, 15) is 9.59 Å². The smallest absolute Gasteiger partial charge is 0.412 e. The van der Waals surface area contributed by atoms with Gasteiger partial charge in [-0.15, -0.1) is 0 Å². The molecule has 0 aliphatic heterocycles. The van der Waals surface area contributed by atoms with Crippen LogP contribution >= 0.6 is 11.6 Å². The van der Waals surface area contributed by atoms with Crippen molar-refractivity contribution in [3.63, 3.8) is 0 Å². The molecule has 13 heteroatoms. The Bertz CT molecular complexity index is 1510. The SMILES string of the molecule is Cc1cc(Nc2nc3ncc(Oc4ccnc(NC(=O)OCCN(C)C)c4)c(Cl)c3n2C)c(=O)n(C)c1. The van der Waals surface area contributed by atoms with Crippen molar-refractivity contribution in [2.24, 2.45) is 14.1 Å². The minimum absolute atomic E-state index is 0.190. The summed E-state index contributed by atoms with van der Waals surface area (Å²) >= 11 is 6.67. The Hall–Kier alpha value is -4.16. The van der Waals surface area contributed by atoms with Gasteiger partial charge in [-0.25, -0.2) is 14.8 Å². The highest BCUT2D eigenvalue weighted by atomic mass is 35.5. The predicted octanol–water partition coefficient (Wildman–Crippen LogP) is 3.67. The zero-order valence-electron chi connectivity index (χ0n) is 21.1. The van der Waals surface area contributed by atoms with E-state index in [0.717, 1.165) is 5.56 Å². The van der Waals surface area contributed by atoms with Gasteiger partial charge in [-0.3, -0.25) is 10.1 Å². The second kappa shape index (κ2) is 10.8. The quantitative estimate of drug-likeness (QED) is 0.353. The summed E-state index contributed by atoms with van der Waals surface area (Å²) in [4.78, 5) is 39.4. The number of nitrogens with one attached hydrogen (secondary N) is 2. The number of anilines is 3. The van der Waals surface area contributed by atoms with E-state index < -0.39 is 6.09 Å². The summed E-state index contributed by atoms with van der Waals surface area (Å²) in [6.45, 7) is 2.75. The molecule has 4 aromatic rings. The summed E-state index contributed by atoms with van der Waals surface area (Å²) < 4.78 is 14.3. The minimum atomic E-state index is -0.619. The third-order valence-electron chi connectivity index (χ3n) is 5.33. The Morgan fingerprint density at radius 3 is 2.76 bits per heavy atom. The fourth-order valence-corrected chi connectivity index (χ4v) is 3.82. The van der Waals surface area contributed by atoms with Crippen molar-refractivity contribution in [3.05, 3.63) is 57.7 Å². The lowest BCUT2D eigenvalue weighted by Gasteiger charge is -2.12. The summed E-state index contributed by atoms with van der Waals surface area (Å²) in [7, 11) is 7.21. The molecule has 2 N–H and O–H groups in total. The van der Waals surface area contributed by atoms with Crippen LogP contribution in [0, 0.1) is 6.92 Å². The molecule has 0 aliphatic rings. The van der Waals surface area contributed by atoms with E-state index in [1.54, 1.807) is 37.0 Å². The molecule has 4 rings (SSSR count). The van der Waals surface area contributed by atoms with E-state index in [2.05, 4.69) is 25.6 Å². The maximum Gasteiger partial charge on any atom is 0.412 e. The third kappa shape index (κ3) is 5.98. The van der Waals surface area contributed by atoms with E-state index in [-0.39, 0.29) is 28.8 Å². The molecule has 0 spiro atoms. The second-order valence-electron chi connectivity index (χ2n) is 8.62. The van der Waals surface area contributed by atoms with Crippen LogP contribution in [-0.2, 0) is 18.8 Å². The summed E-state index contributed by atoms with van der Waals surface area (Å²) in [5, 5.41) is 5.91. The zero-order valence-corrected chi connectivity index (χ0v) is 21.8. The molecule has 37 heavy (non-hydrogen) atoms. The van der Waals surface area contributed by atoms with Crippen molar-refractivity contribution in [1.29, 1.82) is 0 Å². The van der Waals surface area contributed by atoms with Crippen LogP contribution in [0.25, 0.3) is 11.2 Å². The third-order valence-corrected chi connectivity index (χ3v) is 5.70. The summed E-state index contributed by atoms with van der Waals surface area (Å²) in [6, 6.07) is 4.91. The first-order chi connectivity index (χ1) is 17.6. The molecule has 1 amide bonds. The molecule has 0 atom stereocenters. The van der Waals surface area contributed by atoms with Gasteiger partial charge in [0.25, 0.3) is 5.56 Å². The fraction of sp³-hybridized carbons (Fsp3) is 0.292. The molecule has 4 aromatic heterocycles. The Morgan fingerprint density at radius 2 is 2.00 bits per heavy atom. The predicted molar refractivity (Wildman–Crippen MR) is 141 cm³/mol. The van der Waals surface area contributed by atoms with Gasteiger partial charge in [0.05, 0.1) is 6.20 Å². The van der Waals surface area contributed by atoms with Crippen LogP contribution in [0.4, 0.5) is 22.2 Å². The van der Waals surface area contributed by atoms with Crippen LogP contribution in [0.5, 0.6) is 11.5 Å². The number of halogens is 1. The van der Waals surface area contributed by atoms with Gasteiger partial charge in [0.2, 0.25) is 5.95 Å². The van der Waals surface area contributed by atoms with Gasteiger partial charge in [0.1, 0.15) is 34.4 Å². The number of rotatable bonds is 8. The number of amides is 1. The van der Waals surface area contributed by atoms with Gasteiger partial charge in [0.15, 0.2) is 11.4 Å². The number of fused-ring (bicyclic) bond motifs is 1. The first kappa shape index (κ1) is 25.9. The van der Waals surface area contributed by atoms with Crippen molar-refractivity contribution in [3.8, 4) is 11.5 Å². The Balaban J connectivity index is 1.54. The van der Waals surface area contributed by atoms with Gasteiger partial charge >= 0.3 is 6.09 Å². The van der Waals surface area contributed by atoms with E-state index in [0.29, 0.717) is 35.1 Å². The van der Waals surface area contributed by atoms with Gasteiger partial charge in [-0.2, -0.15) is 4.98 Å². The van der Waals surface area contributed by atoms with E-state index >= 15 is 0 Å². The lowest BCUT2D eigenvalue weighted by atomic mass is 10.3. The van der Waals surface area contributed by atoms with Crippen molar-refractivity contribution < 1.29 is 14.3 Å². The standard InChI is InChI=1S/C24H27ClN8O4/c1-14-10-16(22(34)32(4)13-14)28-23-30-21-20(33(23)5)19(25)17(12-27-21)37-15-6-7-26-18(11-15)29-24(35)36-9-8-31(2)3/h6-7,10-13H,8-9H2,1-5H3,(H,26,29,35)(H,27,28,30). The maximum absolute atomic E-state index is 12.5. The van der Waals surface area contributed by atoms with Crippen LogP contribution < -0.4 is 20.9 Å². The Labute approximate surface area is 217 Å². The van der Waals surface area contributed by atoms with Gasteiger partial charge in [-0.1, -0.05) is 11.6 Å². The molecular formula is C24H27ClN8O4. The largest absolute Gasteiger partial charge is 0.454 e. The Morgan fingerprint density at radius 1 is 1.22 bits per heavy atom. The molecule has 0 radical (unpaired) electrons. The number of likely N-dealkylation sites (N-methyl/N-ethyl adjacent to an activating group) is 1. The number of ether oxygens (including phenoxy) is 2. The number of pyridine rings is 3. The normalized spacial score (nSPS) is 11.1. The highest BCUT2D eigenvalue weighted by Gasteiger charge is 2.18. The Kier molecular flexibility index (Phi) is 7.60. The minimum Gasteiger partial charge on any atom is -0.454 e. The average Bonchev–Trinajstić information content (AvgIpc) is 3.14. The first-order valence-electron chi connectivity index (χ1n) is 11.3. The number of aryl methyl sites for hydroxylation is 3. The van der Waals surface area contributed by atoms with Crippen molar-refractivity contribution in [2.75, 3.05) is 37.9 Å². The van der Waals surface area contributed by atoms with E-state index in [4.69, 9.17) is 21.1 Å². The summed E-state index contributed by atoms with van der Waals surface area (Å²) in [5.74, 6) is 1.31. The molecule has 4 heterocycles. The highest BCUT2D eigenvalue weighted by molar-refractivity contribution is 6.36. The van der Waals surface area contributed by atoms with Crippen LogP contribution in [0.15, 0.2) is 41.6 Å². The second-order valence-corrected chi connectivity index (χ2v) is 9.00. The summed E-state index contributed by atoms with van der Waals surface area (Å²) in [5.41, 5.74) is 2.01. The van der Waals surface area contributed by atoms with Crippen molar-refractivity contribution in [2.45, 2.75) is 6.92 Å². The number of imidazole rings is 1. The molecule has 12 nitrogen and oxygen atoms in total. The number of aromatic nitrogens is 5. The number of carbonyl (C=O) groups is 1. The van der Waals surface area contributed by atoms with Crippen LogP contribution in [0.1, 0.15) is 5.56 Å². The van der Waals surface area contributed by atoms with Gasteiger partial charge in [0, 0.05) is 39.1 Å². The monoisotopic (exact) mass is 526 g/mol.